The summed E-state index contributed by atoms with van der Waals surface area (Å²) in [6, 6.07) is 4.32. The third-order valence-corrected chi connectivity index (χ3v) is 6.63. The Balaban J connectivity index is 3.62. The summed E-state index contributed by atoms with van der Waals surface area (Å²) in [6.07, 6.45) is 3.16. The number of phenolic OH excluding ortho intramolecular Hbond substituents is 1. The van der Waals surface area contributed by atoms with Crippen LogP contribution in [0.5, 0.6) is 5.75 Å². The van der Waals surface area contributed by atoms with Crippen LogP contribution in [-0.4, -0.2) is 52.1 Å². The maximum Gasteiger partial charge on any atom is 0.408 e. The minimum Gasteiger partial charge on any atom is -0.508 e. The van der Waals surface area contributed by atoms with Crippen LogP contribution in [0.2, 0.25) is 0 Å². The van der Waals surface area contributed by atoms with Gasteiger partial charge < -0.3 is 25.4 Å². The number of amides is 3. The number of benzene rings is 1. The Hall–Kier alpha value is -2.77. The number of nitrogens with zero attached hydrogens (tertiary/aromatic N) is 1. The molecule has 4 atom stereocenters. The van der Waals surface area contributed by atoms with E-state index < -0.39 is 23.8 Å². The molecule has 1 rings (SSSR count). The topological polar surface area (TPSA) is 108 Å². The maximum absolute atomic E-state index is 14.4. The van der Waals surface area contributed by atoms with Crippen molar-refractivity contribution in [2.45, 2.75) is 118 Å². The second kappa shape index (κ2) is 15.6. The van der Waals surface area contributed by atoms with Crippen LogP contribution in [0.4, 0.5) is 4.79 Å². The molecule has 0 aromatic heterocycles. The van der Waals surface area contributed by atoms with E-state index in [4.69, 9.17) is 4.74 Å². The lowest BCUT2D eigenvalue weighted by Crippen LogP contribution is -2.57. The van der Waals surface area contributed by atoms with Gasteiger partial charge in [0.05, 0.1) is 0 Å². The molecule has 0 spiro atoms. The quantitative estimate of drug-likeness (QED) is 0.256. The molecule has 1 aromatic carbocycles. The van der Waals surface area contributed by atoms with Crippen LogP contribution in [-0.2, 0) is 14.3 Å². The summed E-state index contributed by atoms with van der Waals surface area (Å²) in [7, 11) is 0. The number of ether oxygens (including phenoxy) is 1. The van der Waals surface area contributed by atoms with E-state index in [1.807, 2.05) is 27.7 Å². The van der Waals surface area contributed by atoms with Crippen molar-refractivity contribution in [1.29, 1.82) is 0 Å². The third-order valence-electron chi connectivity index (χ3n) is 6.63. The summed E-state index contributed by atoms with van der Waals surface area (Å²) in [5.41, 5.74) is -0.374. The molecular weight excluding hydrogens is 482 g/mol. The van der Waals surface area contributed by atoms with E-state index in [0.29, 0.717) is 30.9 Å². The lowest BCUT2D eigenvalue weighted by atomic mass is 9.93. The Kier molecular flexibility index (Phi) is 13.6. The summed E-state index contributed by atoms with van der Waals surface area (Å²) in [5, 5.41) is 16.5. The van der Waals surface area contributed by atoms with Crippen molar-refractivity contribution < 1.29 is 24.2 Å². The van der Waals surface area contributed by atoms with Gasteiger partial charge in [0.25, 0.3) is 0 Å². The molecule has 1 aromatic rings. The van der Waals surface area contributed by atoms with Gasteiger partial charge >= 0.3 is 6.09 Å². The summed E-state index contributed by atoms with van der Waals surface area (Å²) < 4.78 is 5.47. The van der Waals surface area contributed by atoms with Gasteiger partial charge in [-0.05, 0) is 64.9 Å². The molecule has 0 heterocycles. The van der Waals surface area contributed by atoms with Crippen molar-refractivity contribution in [3.8, 4) is 5.75 Å². The highest BCUT2D eigenvalue weighted by molar-refractivity contribution is 5.93. The third kappa shape index (κ3) is 10.5. The van der Waals surface area contributed by atoms with Crippen molar-refractivity contribution in [3.05, 3.63) is 29.8 Å². The van der Waals surface area contributed by atoms with Crippen LogP contribution >= 0.6 is 0 Å². The van der Waals surface area contributed by atoms with Gasteiger partial charge in [0, 0.05) is 18.2 Å². The van der Waals surface area contributed by atoms with Crippen molar-refractivity contribution in [3.63, 3.8) is 0 Å². The van der Waals surface area contributed by atoms with Crippen LogP contribution in [0.3, 0.4) is 0 Å². The minimum atomic E-state index is -1.06. The monoisotopic (exact) mass is 533 g/mol. The standard InChI is InChI=1S/C30H51N3O5/c1-10-12-19-31-27(35)26(23-15-13-14-16-24(23)34)33(22(6)18-17-20(3)4)28(36)25(21(5)11-2)32-29(37)38-30(7,8)9/h13-16,20-22,25-26,34H,10-12,17-19H2,1-9H3,(H,31,35)(H,32,37). The molecule has 0 fully saturated rings. The van der Waals surface area contributed by atoms with Crippen LogP contribution in [0.25, 0.3) is 0 Å². The Morgan fingerprint density at radius 3 is 2.18 bits per heavy atom. The summed E-state index contributed by atoms with van der Waals surface area (Å²) in [5.74, 6) is -0.605. The zero-order valence-electron chi connectivity index (χ0n) is 25.0. The highest BCUT2D eigenvalue weighted by Gasteiger charge is 2.41. The van der Waals surface area contributed by atoms with Gasteiger partial charge in [-0.3, -0.25) is 9.59 Å². The molecule has 0 aliphatic rings. The van der Waals surface area contributed by atoms with E-state index in [9.17, 15) is 19.5 Å². The molecular formula is C30H51N3O5. The van der Waals surface area contributed by atoms with Gasteiger partial charge in [-0.2, -0.15) is 0 Å². The fourth-order valence-electron chi connectivity index (χ4n) is 4.21. The van der Waals surface area contributed by atoms with Gasteiger partial charge in [-0.1, -0.05) is 65.7 Å². The van der Waals surface area contributed by atoms with E-state index in [0.717, 1.165) is 19.3 Å². The summed E-state index contributed by atoms with van der Waals surface area (Å²) in [4.78, 5) is 42.4. The first-order valence-corrected chi connectivity index (χ1v) is 14.1. The number of alkyl carbamates (subject to hydrolysis) is 1. The van der Waals surface area contributed by atoms with Crippen molar-refractivity contribution in [2.75, 3.05) is 6.54 Å². The van der Waals surface area contributed by atoms with Crippen LogP contribution in [0.15, 0.2) is 24.3 Å². The predicted octanol–water partition coefficient (Wildman–Crippen LogP) is 5.94. The van der Waals surface area contributed by atoms with Crippen LogP contribution < -0.4 is 10.6 Å². The molecule has 0 aliphatic carbocycles. The molecule has 8 heteroatoms. The smallest absolute Gasteiger partial charge is 0.408 e. The van der Waals surface area contributed by atoms with Gasteiger partial charge in [0.15, 0.2) is 0 Å². The van der Waals surface area contributed by atoms with Crippen LogP contribution in [0, 0.1) is 11.8 Å². The Bertz CT molecular complexity index is 896. The highest BCUT2D eigenvalue weighted by atomic mass is 16.6. The summed E-state index contributed by atoms with van der Waals surface area (Å²) >= 11 is 0. The molecule has 0 saturated heterocycles. The number of phenols is 1. The lowest BCUT2D eigenvalue weighted by Gasteiger charge is -2.40. The SMILES string of the molecule is CCCCNC(=O)C(c1ccccc1O)N(C(=O)C(NC(=O)OC(C)(C)C)C(C)CC)C(C)CCC(C)C. The van der Waals surface area contributed by atoms with E-state index in [1.54, 1.807) is 43.9 Å². The molecule has 216 valence electrons. The first kappa shape index (κ1) is 33.3. The molecule has 8 nitrogen and oxygen atoms in total. The number of hydrogen-bond acceptors (Lipinski definition) is 5. The predicted molar refractivity (Wildman–Crippen MR) is 152 cm³/mol. The molecule has 0 aliphatic heterocycles. The molecule has 3 N–H and O–H groups in total. The van der Waals surface area contributed by atoms with Crippen molar-refractivity contribution in [1.82, 2.24) is 15.5 Å². The average molecular weight is 534 g/mol. The average Bonchev–Trinajstić information content (AvgIpc) is 2.83. The number of carbonyl (C=O) groups is 3. The van der Waals surface area contributed by atoms with E-state index in [1.165, 1.54) is 6.07 Å². The second-order valence-corrected chi connectivity index (χ2v) is 11.7. The number of rotatable bonds is 14. The van der Waals surface area contributed by atoms with Gasteiger partial charge in [0.1, 0.15) is 23.4 Å². The second-order valence-electron chi connectivity index (χ2n) is 11.7. The Labute approximate surface area is 229 Å². The fourth-order valence-corrected chi connectivity index (χ4v) is 4.21. The highest BCUT2D eigenvalue weighted by Crippen LogP contribution is 2.33. The normalized spacial score (nSPS) is 14.8. The maximum atomic E-state index is 14.4. The Morgan fingerprint density at radius 2 is 1.66 bits per heavy atom. The molecule has 0 radical (unpaired) electrons. The number of nitrogens with one attached hydrogen (secondary N) is 2. The van der Waals surface area contributed by atoms with Gasteiger partial charge in [-0.15, -0.1) is 0 Å². The first-order valence-electron chi connectivity index (χ1n) is 14.1. The zero-order valence-corrected chi connectivity index (χ0v) is 25.0. The number of unbranched alkanes of at least 4 members (excludes halogenated alkanes) is 1. The molecule has 0 bridgehead atoms. The van der Waals surface area contributed by atoms with Gasteiger partial charge in [0.2, 0.25) is 11.8 Å². The lowest BCUT2D eigenvalue weighted by molar-refractivity contribution is -0.146. The van der Waals surface area contributed by atoms with E-state index >= 15 is 0 Å². The van der Waals surface area contributed by atoms with Crippen molar-refractivity contribution in [2.24, 2.45) is 11.8 Å². The van der Waals surface area contributed by atoms with Crippen LogP contribution in [0.1, 0.15) is 106 Å². The largest absolute Gasteiger partial charge is 0.508 e. The van der Waals surface area contributed by atoms with Gasteiger partial charge in [-0.25, -0.2) is 4.79 Å². The molecule has 0 saturated carbocycles. The first-order chi connectivity index (χ1) is 17.7. The number of hydrogen-bond donors (Lipinski definition) is 3. The molecule has 4 unspecified atom stereocenters. The number of para-hydroxylation sites is 1. The van der Waals surface area contributed by atoms with E-state index in [-0.39, 0.29) is 29.5 Å². The minimum absolute atomic E-state index is 0.0582. The number of aromatic hydroxyl groups is 1. The summed E-state index contributed by atoms with van der Waals surface area (Å²) in [6.45, 7) is 17.8. The fraction of sp³-hybridized carbons (Fsp3) is 0.700. The zero-order chi connectivity index (χ0) is 29.0. The van der Waals surface area contributed by atoms with Crippen molar-refractivity contribution >= 4 is 17.9 Å². The molecule has 38 heavy (non-hydrogen) atoms. The van der Waals surface area contributed by atoms with E-state index in [2.05, 4.69) is 24.5 Å². The molecule has 3 amide bonds. The number of carbonyl (C=O) groups excluding carboxylic acids is 3. The Morgan fingerprint density at radius 1 is 1.03 bits per heavy atom.